The lowest BCUT2D eigenvalue weighted by Crippen LogP contribution is -1.98. The molecule has 0 saturated heterocycles. The minimum absolute atomic E-state index is 0.0710. The van der Waals surface area contributed by atoms with Crippen molar-refractivity contribution in [3.05, 3.63) is 35.3 Å². The molecule has 0 aliphatic heterocycles. The topological polar surface area (TPSA) is 76.2 Å². The van der Waals surface area contributed by atoms with Gasteiger partial charge in [-0.2, -0.15) is 0 Å². The van der Waals surface area contributed by atoms with Crippen molar-refractivity contribution in [1.29, 1.82) is 0 Å². The molecule has 2 heterocycles. The van der Waals surface area contributed by atoms with Crippen LogP contribution in [0.1, 0.15) is 21.9 Å². The van der Waals surface area contributed by atoms with Gasteiger partial charge in [0.1, 0.15) is 11.5 Å². The highest BCUT2D eigenvalue weighted by atomic mass is 16.4. The average molecular weight is 218 g/mol. The van der Waals surface area contributed by atoms with Gasteiger partial charge in [0.05, 0.1) is 0 Å². The lowest BCUT2D eigenvalue weighted by atomic mass is 10.3. The fourth-order valence-electron chi connectivity index (χ4n) is 1.37. The molecular weight excluding hydrogens is 208 g/mol. The molecule has 5 nitrogen and oxygen atoms in total. The number of aromatic nitrogens is 2. The summed E-state index contributed by atoms with van der Waals surface area (Å²) >= 11 is 0. The smallest absolute Gasteiger partial charge is 0.358 e. The van der Waals surface area contributed by atoms with Crippen LogP contribution in [0.5, 0.6) is 0 Å². The molecule has 0 atom stereocenters. The molecule has 0 saturated carbocycles. The number of hydrogen-bond acceptors (Lipinski definition) is 4. The van der Waals surface area contributed by atoms with E-state index in [-0.39, 0.29) is 17.3 Å². The number of nitrogens with zero attached hydrogens (tertiary/aromatic N) is 2. The zero-order chi connectivity index (χ0) is 11.7. The summed E-state index contributed by atoms with van der Waals surface area (Å²) in [6.45, 7) is 3.41. The Morgan fingerprint density at radius 2 is 2.06 bits per heavy atom. The van der Waals surface area contributed by atoms with E-state index in [1.165, 1.54) is 0 Å². The fourth-order valence-corrected chi connectivity index (χ4v) is 1.37. The van der Waals surface area contributed by atoms with Gasteiger partial charge in [0.15, 0.2) is 5.69 Å². The Morgan fingerprint density at radius 3 is 2.62 bits per heavy atom. The Kier molecular flexibility index (Phi) is 2.44. The van der Waals surface area contributed by atoms with Crippen LogP contribution in [0.4, 0.5) is 0 Å². The van der Waals surface area contributed by atoms with Gasteiger partial charge in [-0.15, -0.1) is 0 Å². The van der Waals surface area contributed by atoms with Gasteiger partial charge in [-0.3, -0.25) is 0 Å². The molecule has 16 heavy (non-hydrogen) atoms. The van der Waals surface area contributed by atoms with Gasteiger partial charge in [-0.25, -0.2) is 14.8 Å². The van der Waals surface area contributed by atoms with Crippen molar-refractivity contribution in [3.8, 4) is 11.6 Å². The molecule has 0 radical (unpaired) electrons. The second-order valence-electron chi connectivity index (χ2n) is 3.39. The largest absolute Gasteiger partial charge is 0.476 e. The van der Waals surface area contributed by atoms with Crippen molar-refractivity contribution < 1.29 is 14.3 Å². The SMILES string of the molecule is Cc1cccc(-c2nc(C(=O)O)c(C)o2)n1. The Bertz CT molecular complexity index is 546. The Balaban J connectivity index is 2.49. The van der Waals surface area contributed by atoms with E-state index in [1.807, 2.05) is 19.1 Å². The minimum atomic E-state index is -1.10. The van der Waals surface area contributed by atoms with E-state index in [0.717, 1.165) is 5.69 Å². The lowest BCUT2D eigenvalue weighted by Gasteiger charge is -1.95. The van der Waals surface area contributed by atoms with Crippen molar-refractivity contribution in [1.82, 2.24) is 9.97 Å². The van der Waals surface area contributed by atoms with Crippen LogP contribution >= 0.6 is 0 Å². The van der Waals surface area contributed by atoms with Gasteiger partial charge < -0.3 is 9.52 Å². The van der Waals surface area contributed by atoms with E-state index in [4.69, 9.17) is 9.52 Å². The molecule has 2 aromatic rings. The van der Waals surface area contributed by atoms with Crippen molar-refractivity contribution >= 4 is 5.97 Å². The number of oxazole rings is 1. The number of pyridine rings is 1. The lowest BCUT2D eigenvalue weighted by molar-refractivity contribution is 0.0689. The van der Waals surface area contributed by atoms with Crippen LogP contribution in [-0.2, 0) is 0 Å². The first kappa shape index (κ1) is 10.4. The maximum atomic E-state index is 10.8. The molecular formula is C11H10N2O3. The number of hydrogen-bond donors (Lipinski definition) is 1. The summed E-state index contributed by atoms with van der Waals surface area (Å²) in [6, 6.07) is 5.39. The van der Waals surface area contributed by atoms with Crippen LogP contribution < -0.4 is 0 Å². The fraction of sp³-hybridized carbons (Fsp3) is 0.182. The van der Waals surface area contributed by atoms with E-state index in [1.54, 1.807) is 13.0 Å². The molecule has 1 N–H and O–H groups in total. The van der Waals surface area contributed by atoms with Gasteiger partial charge in [0, 0.05) is 5.69 Å². The molecule has 2 rings (SSSR count). The molecule has 0 unspecified atom stereocenters. The Morgan fingerprint density at radius 1 is 1.31 bits per heavy atom. The molecule has 0 amide bonds. The van der Waals surface area contributed by atoms with Crippen LogP contribution in [0.2, 0.25) is 0 Å². The Hall–Kier alpha value is -2.17. The summed E-state index contributed by atoms with van der Waals surface area (Å²) < 4.78 is 5.26. The molecule has 82 valence electrons. The molecule has 2 aromatic heterocycles. The third kappa shape index (κ3) is 1.79. The molecule has 0 aromatic carbocycles. The Labute approximate surface area is 91.8 Å². The summed E-state index contributed by atoms with van der Waals surface area (Å²) in [5.41, 5.74) is 1.29. The highest BCUT2D eigenvalue weighted by Gasteiger charge is 2.17. The summed E-state index contributed by atoms with van der Waals surface area (Å²) in [5.74, 6) is -0.579. The predicted molar refractivity (Wildman–Crippen MR) is 56.2 cm³/mol. The van der Waals surface area contributed by atoms with Crippen molar-refractivity contribution in [2.24, 2.45) is 0 Å². The van der Waals surface area contributed by atoms with Crippen LogP contribution in [0.25, 0.3) is 11.6 Å². The quantitative estimate of drug-likeness (QED) is 0.834. The zero-order valence-corrected chi connectivity index (χ0v) is 8.89. The predicted octanol–water partition coefficient (Wildman–Crippen LogP) is 2.05. The van der Waals surface area contributed by atoms with Crippen LogP contribution in [0.15, 0.2) is 22.6 Å². The van der Waals surface area contributed by atoms with Crippen LogP contribution in [0.3, 0.4) is 0 Å². The minimum Gasteiger partial charge on any atom is -0.476 e. The maximum absolute atomic E-state index is 10.8. The third-order valence-corrected chi connectivity index (χ3v) is 2.11. The first-order valence-electron chi connectivity index (χ1n) is 4.72. The van der Waals surface area contributed by atoms with Gasteiger partial charge in [-0.1, -0.05) is 6.07 Å². The monoisotopic (exact) mass is 218 g/mol. The van der Waals surface area contributed by atoms with E-state index in [2.05, 4.69) is 9.97 Å². The molecule has 0 aliphatic carbocycles. The van der Waals surface area contributed by atoms with Gasteiger partial charge in [0.25, 0.3) is 0 Å². The van der Waals surface area contributed by atoms with Gasteiger partial charge in [-0.05, 0) is 26.0 Å². The first-order valence-corrected chi connectivity index (χ1v) is 4.72. The molecule has 0 aliphatic rings. The summed E-state index contributed by atoms with van der Waals surface area (Å²) in [4.78, 5) is 18.9. The summed E-state index contributed by atoms with van der Waals surface area (Å²) in [5, 5.41) is 8.84. The van der Waals surface area contributed by atoms with Crippen LogP contribution in [0, 0.1) is 13.8 Å². The van der Waals surface area contributed by atoms with Gasteiger partial charge >= 0.3 is 5.97 Å². The number of rotatable bonds is 2. The first-order chi connectivity index (χ1) is 7.58. The van der Waals surface area contributed by atoms with E-state index in [9.17, 15) is 4.79 Å². The van der Waals surface area contributed by atoms with Crippen molar-refractivity contribution in [3.63, 3.8) is 0 Å². The summed E-state index contributed by atoms with van der Waals surface area (Å²) in [6.07, 6.45) is 0. The zero-order valence-electron chi connectivity index (χ0n) is 8.89. The van der Waals surface area contributed by atoms with E-state index < -0.39 is 5.97 Å². The molecule has 0 fully saturated rings. The van der Waals surface area contributed by atoms with Crippen LogP contribution in [-0.4, -0.2) is 21.0 Å². The number of carbonyl (C=O) groups is 1. The normalized spacial score (nSPS) is 10.4. The highest BCUT2D eigenvalue weighted by molar-refractivity contribution is 5.86. The molecule has 0 bridgehead atoms. The summed E-state index contributed by atoms with van der Waals surface area (Å²) in [7, 11) is 0. The second kappa shape index (κ2) is 3.77. The standard InChI is InChI=1S/C11H10N2O3/c1-6-4-3-5-8(12-6)10-13-9(11(14)15)7(2)16-10/h3-5H,1-2H3,(H,14,15). The van der Waals surface area contributed by atoms with Crippen molar-refractivity contribution in [2.75, 3.05) is 0 Å². The number of aromatic carboxylic acids is 1. The highest BCUT2D eigenvalue weighted by Crippen LogP contribution is 2.19. The second-order valence-corrected chi connectivity index (χ2v) is 3.39. The number of aryl methyl sites for hydroxylation is 2. The number of carboxylic acid groups (broad SMARTS) is 1. The number of carboxylic acids is 1. The maximum Gasteiger partial charge on any atom is 0.358 e. The molecule has 5 heteroatoms. The molecule has 0 spiro atoms. The van der Waals surface area contributed by atoms with Crippen molar-refractivity contribution in [2.45, 2.75) is 13.8 Å². The third-order valence-electron chi connectivity index (χ3n) is 2.11. The van der Waals surface area contributed by atoms with E-state index in [0.29, 0.717) is 5.69 Å². The van der Waals surface area contributed by atoms with E-state index >= 15 is 0 Å². The average Bonchev–Trinajstić information content (AvgIpc) is 2.60. The van der Waals surface area contributed by atoms with Gasteiger partial charge in [0.2, 0.25) is 5.89 Å².